The second-order valence-corrected chi connectivity index (χ2v) is 7.14. The van der Waals surface area contributed by atoms with Gasteiger partial charge in [0.1, 0.15) is 5.75 Å². The standard InChI is InChI=1S/C26H26N2O8/c1-31-19-9-7-17(8-10-19)26(30)36-20-11-6-16(12-21(20)32-2)15-27-28-25(29)18-13-22(33-3)24(35-5)23(14-18)34-4/h6-15H,1-5H3,(H,28,29). The van der Waals surface area contributed by atoms with Crippen molar-refractivity contribution in [3.63, 3.8) is 0 Å². The van der Waals surface area contributed by atoms with Crippen molar-refractivity contribution in [2.75, 3.05) is 35.5 Å². The van der Waals surface area contributed by atoms with Gasteiger partial charge in [-0.05, 0) is 60.2 Å². The second kappa shape index (κ2) is 12.1. The molecule has 0 saturated carbocycles. The van der Waals surface area contributed by atoms with E-state index in [0.29, 0.717) is 39.9 Å². The van der Waals surface area contributed by atoms with Crippen molar-refractivity contribution in [3.05, 3.63) is 71.3 Å². The van der Waals surface area contributed by atoms with Gasteiger partial charge in [-0.25, -0.2) is 10.2 Å². The van der Waals surface area contributed by atoms with Crippen molar-refractivity contribution >= 4 is 18.1 Å². The highest BCUT2D eigenvalue weighted by Gasteiger charge is 2.17. The third-order valence-corrected chi connectivity index (χ3v) is 5.02. The first-order chi connectivity index (χ1) is 17.4. The van der Waals surface area contributed by atoms with Crippen LogP contribution in [-0.4, -0.2) is 53.6 Å². The van der Waals surface area contributed by atoms with Crippen LogP contribution in [0.1, 0.15) is 26.3 Å². The molecule has 0 unspecified atom stereocenters. The van der Waals surface area contributed by atoms with Crippen molar-refractivity contribution in [1.29, 1.82) is 0 Å². The molecule has 0 atom stereocenters. The molecule has 1 N–H and O–H groups in total. The fourth-order valence-corrected chi connectivity index (χ4v) is 3.18. The van der Waals surface area contributed by atoms with E-state index in [9.17, 15) is 9.59 Å². The van der Waals surface area contributed by atoms with E-state index < -0.39 is 11.9 Å². The van der Waals surface area contributed by atoms with E-state index in [0.717, 1.165) is 0 Å². The highest BCUT2D eigenvalue weighted by atomic mass is 16.6. The van der Waals surface area contributed by atoms with Crippen molar-refractivity contribution in [2.45, 2.75) is 0 Å². The number of hydrogen-bond donors (Lipinski definition) is 1. The molecule has 0 aliphatic rings. The van der Waals surface area contributed by atoms with Gasteiger partial charge in [-0.1, -0.05) is 0 Å². The maximum Gasteiger partial charge on any atom is 0.343 e. The van der Waals surface area contributed by atoms with E-state index in [1.165, 1.54) is 46.8 Å². The first kappa shape index (κ1) is 25.9. The molecule has 0 fully saturated rings. The van der Waals surface area contributed by atoms with Gasteiger partial charge in [-0.15, -0.1) is 0 Å². The molecule has 3 rings (SSSR count). The lowest BCUT2D eigenvalue weighted by Gasteiger charge is -2.13. The fraction of sp³-hybridized carbons (Fsp3) is 0.192. The summed E-state index contributed by atoms with van der Waals surface area (Å²) >= 11 is 0. The van der Waals surface area contributed by atoms with Gasteiger partial charge in [0, 0.05) is 5.56 Å². The third kappa shape index (κ3) is 6.03. The summed E-state index contributed by atoms with van der Waals surface area (Å²) in [6.45, 7) is 0. The number of ether oxygens (including phenoxy) is 6. The fourth-order valence-electron chi connectivity index (χ4n) is 3.18. The van der Waals surface area contributed by atoms with Gasteiger partial charge in [0.05, 0.1) is 47.3 Å². The molecular weight excluding hydrogens is 468 g/mol. The molecule has 0 aliphatic heterocycles. The Kier molecular flexibility index (Phi) is 8.71. The maximum absolute atomic E-state index is 12.6. The van der Waals surface area contributed by atoms with Crippen LogP contribution in [0.15, 0.2) is 59.7 Å². The Hall–Kier alpha value is -4.73. The van der Waals surface area contributed by atoms with E-state index >= 15 is 0 Å². The minimum atomic E-state index is -0.546. The first-order valence-corrected chi connectivity index (χ1v) is 10.6. The summed E-state index contributed by atoms with van der Waals surface area (Å²) < 4.78 is 31.7. The maximum atomic E-state index is 12.6. The van der Waals surface area contributed by atoms with Crippen LogP contribution >= 0.6 is 0 Å². The van der Waals surface area contributed by atoms with E-state index in [1.54, 1.807) is 49.6 Å². The molecule has 0 heterocycles. The molecule has 0 aromatic heterocycles. The molecule has 10 heteroatoms. The Morgan fingerprint density at radius 2 is 1.33 bits per heavy atom. The Morgan fingerprint density at radius 1 is 0.694 bits per heavy atom. The van der Waals surface area contributed by atoms with E-state index in [4.69, 9.17) is 28.4 Å². The average molecular weight is 495 g/mol. The summed E-state index contributed by atoms with van der Waals surface area (Å²) in [5.74, 6) is 1.21. The number of carbonyl (C=O) groups is 2. The van der Waals surface area contributed by atoms with Crippen LogP contribution in [0.2, 0.25) is 0 Å². The van der Waals surface area contributed by atoms with Crippen LogP contribution in [0.25, 0.3) is 0 Å². The molecule has 3 aromatic rings. The predicted octanol–water partition coefficient (Wildman–Crippen LogP) is 3.71. The van der Waals surface area contributed by atoms with Crippen LogP contribution in [0, 0.1) is 0 Å². The second-order valence-electron chi connectivity index (χ2n) is 7.14. The molecule has 0 spiro atoms. The lowest BCUT2D eigenvalue weighted by Crippen LogP contribution is -2.18. The normalized spacial score (nSPS) is 10.5. The number of rotatable bonds is 10. The minimum Gasteiger partial charge on any atom is -0.497 e. The zero-order chi connectivity index (χ0) is 26.1. The number of nitrogens with one attached hydrogen (secondary N) is 1. The first-order valence-electron chi connectivity index (χ1n) is 10.6. The molecule has 10 nitrogen and oxygen atoms in total. The molecule has 0 aliphatic carbocycles. The Morgan fingerprint density at radius 3 is 1.89 bits per heavy atom. The molecule has 1 amide bonds. The molecule has 0 radical (unpaired) electrons. The third-order valence-electron chi connectivity index (χ3n) is 5.02. The lowest BCUT2D eigenvalue weighted by atomic mass is 10.1. The molecule has 36 heavy (non-hydrogen) atoms. The van der Waals surface area contributed by atoms with Crippen LogP contribution in [0.3, 0.4) is 0 Å². The number of hydrazone groups is 1. The SMILES string of the molecule is COc1ccc(C(=O)Oc2ccc(C=NNC(=O)c3cc(OC)c(OC)c(OC)c3)cc2OC)cc1. The van der Waals surface area contributed by atoms with Gasteiger partial charge in [-0.3, -0.25) is 4.79 Å². The number of nitrogens with zero attached hydrogens (tertiary/aromatic N) is 1. The topological polar surface area (TPSA) is 114 Å². The molecule has 188 valence electrons. The van der Waals surface area contributed by atoms with E-state index in [2.05, 4.69) is 10.5 Å². The smallest absolute Gasteiger partial charge is 0.343 e. The highest BCUT2D eigenvalue weighted by molar-refractivity contribution is 5.96. The van der Waals surface area contributed by atoms with Crippen LogP contribution in [0.5, 0.6) is 34.5 Å². The Labute approximate surface area is 208 Å². The van der Waals surface area contributed by atoms with Crippen molar-refractivity contribution in [2.24, 2.45) is 5.10 Å². The van der Waals surface area contributed by atoms with Gasteiger partial charge >= 0.3 is 5.97 Å². The Balaban J connectivity index is 1.70. The number of methoxy groups -OCH3 is 5. The molecular formula is C26H26N2O8. The zero-order valence-electron chi connectivity index (χ0n) is 20.5. The number of carbonyl (C=O) groups excluding carboxylic acids is 2. The van der Waals surface area contributed by atoms with Crippen molar-refractivity contribution < 1.29 is 38.0 Å². The van der Waals surface area contributed by atoms with Gasteiger partial charge in [0.15, 0.2) is 23.0 Å². The minimum absolute atomic E-state index is 0.233. The highest BCUT2D eigenvalue weighted by Crippen LogP contribution is 2.38. The van der Waals surface area contributed by atoms with E-state index in [-0.39, 0.29) is 11.3 Å². The summed E-state index contributed by atoms with van der Waals surface area (Å²) in [5, 5.41) is 3.99. The van der Waals surface area contributed by atoms with Crippen molar-refractivity contribution in [3.8, 4) is 34.5 Å². The summed E-state index contributed by atoms with van der Waals surface area (Å²) in [5.41, 5.74) is 3.67. The summed E-state index contributed by atoms with van der Waals surface area (Å²) in [6.07, 6.45) is 1.42. The lowest BCUT2D eigenvalue weighted by molar-refractivity contribution is 0.0729. The number of hydrogen-bond acceptors (Lipinski definition) is 9. The van der Waals surface area contributed by atoms with Gasteiger partial charge < -0.3 is 28.4 Å². The number of esters is 1. The van der Waals surface area contributed by atoms with Gasteiger partial charge in [0.25, 0.3) is 5.91 Å². The summed E-state index contributed by atoms with van der Waals surface area (Å²) in [6, 6.07) is 14.4. The van der Waals surface area contributed by atoms with Gasteiger partial charge in [0.2, 0.25) is 5.75 Å². The largest absolute Gasteiger partial charge is 0.497 e. The molecule has 3 aromatic carbocycles. The monoisotopic (exact) mass is 494 g/mol. The Bertz CT molecular complexity index is 1230. The molecule has 0 bridgehead atoms. The van der Waals surface area contributed by atoms with Crippen LogP contribution in [0.4, 0.5) is 0 Å². The molecule has 0 saturated heterocycles. The predicted molar refractivity (Wildman–Crippen MR) is 132 cm³/mol. The summed E-state index contributed by atoms with van der Waals surface area (Å²) in [7, 11) is 7.39. The average Bonchev–Trinajstić information content (AvgIpc) is 2.92. The van der Waals surface area contributed by atoms with Crippen LogP contribution in [-0.2, 0) is 0 Å². The van der Waals surface area contributed by atoms with Crippen LogP contribution < -0.4 is 33.8 Å². The van der Waals surface area contributed by atoms with E-state index in [1.807, 2.05) is 0 Å². The van der Waals surface area contributed by atoms with Gasteiger partial charge in [-0.2, -0.15) is 5.10 Å². The quantitative estimate of drug-likeness (QED) is 0.196. The summed E-state index contributed by atoms with van der Waals surface area (Å²) in [4.78, 5) is 25.0. The number of benzene rings is 3. The number of amides is 1. The van der Waals surface area contributed by atoms with Crippen molar-refractivity contribution in [1.82, 2.24) is 5.43 Å². The zero-order valence-corrected chi connectivity index (χ0v) is 20.5.